The van der Waals surface area contributed by atoms with Crippen LogP contribution in [0.3, 0.4) is 0 Å². The first kappa shape index (κ1) is 15.3. The molecule has 2 rings (SSSR count). The van der Waals surface area contributed by atoms with Crippen molar-refractivity contribution in [2.75, 3.05) is 5.32 Å². The van der Waals surface area contributed by atoms with E-state index in [9.17, 15) is 9.59 Å². The van der Waals surface area contributed by atoms with Crippen LogP contribution in [0.25, 0.3) is 0 Å². The number of para-hydroxylation sites is 1. The van der Waals surface area contributed by atoms with Crippen LogP contribution in [0.5, 0.6) is 11.5 Å². The molecule has 22 heavy (non-hydrogen) atoms. The van der Waals surface area contributed by atoms with Gasteiger partial charge in [-0.3, -0.25) is 4.79 Å². The number of aryl methyl sites for hydroxylation is 1. The van der Waals surface area contributed by atoms with E-state index in [0.717, 1.165) is 23.5 Å². The fourth-order valence-electron chi connectivity index (χ4n) is 1.74. The number of amides is 1. The number of hydrogen-bond donors (Lipinski definition) is 2. The molecule has 0 aliphatic carbocycles. The molecule has 2 aromatic rings. The molecule has 0 aromatic heterocycles. The van der Waals surface area contributed by atoms with Crippen LogP contribution in [0.1, 0.15) is 5.56 Å². The van der Waals surface area contributed by atoms with Crippen molar-refractivity contribution in [2.45, 2.75) is 6.92 Å². The van der Waals surface area contributed by atoms with Gasteiger partial charge in [0.15, 0.2) is 0 Å². The normalized spacial score (nSPS) is 10.4. The van der Waals surface area contributed by atoms with E-state index in [-0.39, 0.29) is 0 Å². The van der Waals surface area contributed by atoms with Gasteiger partial charge >= 0.3 is 5.97 Å². The first-order valence-electron chi connectivity index (χ1n) is 6.60. The summed E-state index contributed by atoms with van der Waals surface area (Å²) in [6.07, 6.45) is 1.74. The quantitative estimate of drug-likeness (QED) is 0.830. The van der Waals surface area contributed by atoms with Gasteiger partial charge in [0, 0.05) is 17.8 Å². The molecule has 0 aliphatic heterocycles. The lowest BCUT2D eigenvalue weighted by Crippen LogP contribution is -2.08. The molecule has 2 N–H and O–H groups in total. The lowest BCUT2D eigenvalue weighted by Gasteiger charge is -2.09. The van der Waals surface area contributed by atoms with Gasteiger partial charge in [-0.25, -0.2) is 4.79 Å². The third-order valence-electron chi connectivity index (χ3n) is 2.82. The third kappa shape index (κ3) is 4.49. The SMILES string of the molecule is Cc1ccccc1Oc1ccc(NC(=O)C=CC(=O)O)cc1. The van der Waals surface area contributed by atoms with E-state index >= 15 is 0 Å². The zero-order valence-electron chi connectivity index (χ0n) is 11.9. The number of nitrogens with one attached hydrogen (secondary N) is 1. The number of benzene rings is 2. The Morgan fingerprint density at radius 1 is 1.05 bits per heavy atom. The number of anilines is 1. The Kier molecular flexibility index (Phi) is 4.93. The molecule has 0 bridgehead atoms. The lowest BCUT2D eigenvalue weighted by molar-refractivity contribution is -0.131. The predicted octanol–water partition coefficient (Wildman–Crippen LogP) is 3.37. The summed E-state index contributed by atoms with van der Waals surface area (Å²) in [5.41, 5.74) is 1.58. The largest absolute Gasteiger partial charge is 0.478 e. The number of carboxylic acid groups (broad SMARTS) is 1. The first-order chi connectivity index (χ1) is 10.5. The highest BCUT2D eigenvalue weighted by Crippen LogP contribution is 2.25. The summed E-state index contributed by atoms with van der Waals surface area (Å²) < 4.78 is 5.74. The van der Waals surface area contributed by atoms with Gasteiger partial charge in [-0.2, -0.15) is 0 Å². The fourth-order valence-corrected chi connectivity index (χ4v) is 1.74. The number of rotatable bonds is 5. The Bertz CT molecular complexity index is 705. The molecular weight excluding hydrogens is 282 g/mol. The molecular formula is C17H15NO4. The minimum Gasteiger partial charge on any atom is -0.478 e. The Labute approximate surface area is 127 Å². The average Bonchev–Trinajstić information content (AvgIpc) is 2.49. The van der Waals surface area contributed by atoms with Crippen LogP contribution in [0.4, 0.5) is 5.69 Å². The van der Waals surface area contributed by atoms with Crippen molar-refractivity contribution in [3.8, 4) is 11.5 Å². The Morgan fingerprint density at radius 3 is 2.36 bits per heavy atom. The number of carboxylic acids is 1. The van der Waals surface area contributed by atoms with E-state index in [2.05, 4.69) is 5.32 Å². The predicted molar refractivity (Wildman–Crippen MR) is 83.1 cm³/mol. The summed E-state index contributed by atoms with van der Waals surface area (Å²) in [6.45, 7) is 1.96. The molecule has 0 aliphatic rings. The summed E-state index contributed by atoms with van der Waals surface area (Å²) in [6, 6.07) is 14.5. The van der Waals surface area contributed by atoms with Crippen molar-refractivity contribution in [1.29, 1.82) is 0 Å². The van der Waals surface area contributed by atoms with Crippen molar-refractivity contribution in [1.82, 2.24) is 0 Å². The van der Waals surface area contributed by atoms with Crippen LogP contribution in [0.15, 0.2) is 60.7 Å². The van der Waals surface area contributed by atoms with E-state index < -0.39 is 11.9 Å². The van der Waals surface area contributed by atoms with E-state index in [0.29, 0.717) is 11.4 Å². The van der Waals surface area contributed by atoms with E-state index in [4.69, 9.17) is 9.84 Å². The average molecular weight is 297 g/mol. The van der Waals surface area contributed by atoms with Crippen molar-refractivity contribution in [2.24, 2.45) is 0 Å². The zero-order valence-corrected chi connectivity index (χ0v) is 11.9. The van der Waals surface area contributed by atoms with Gasteiger partial charge in [0.1, 0.15) is 11.5 Å². The van der Waals surface area contributed by atoms with Gasteiger partial charge in [-0.15, -0.1) is 0 Å². The Balaban J connectivity index is 2.00. The van der Waals surface area contributed by atoms with E-state index in [1.807, 2.05) is 31.2 Å². The summed E-state index contributed by atoms with van der Waals surface area (Å²) in [4.78, 5) is 21.8. The fraction of sp³-hybridized carbons (Fsp3) is 0.0588. The third-order valence-corrected chi connectivity index (χ3v) is 2.82. The van der Waals surface area contributed by atoms with Crippen molar-refractivity contribution in [3.63, 3.8) is 0 Å². The smallest absolute Gasteiger partial charge is 0.328 e. The molecule has 0 saturated heterocycles. The topological polar surface area (TPSA) is 75.6 Å². The Morgan fingerprint density at radius 2 is 1.73 bits per heavy atom. The molecule has 0 spiro atoms. The van der Waals surface area contributed by atoms with Gasteiger partial charge in [0.2, 0.25) is 5.91 Å². The maximum absolute atomic E-state index is 11.4. The van der Waals surface area contributed by atoms with Gasteiger partial charge in [0.25, 0.3) is 0 Å². The van der Waals surface area contributed by atoms with Crippen LogP contribution < -0.4 is 10.1 Å². The molecule has 1 amide bonds. The summed E-state index contributed by atoms with van der Waals surface area (Å²) in [7, 11) is 0. The standard InChI is InChI=1S/C17H15NO4/c1-12-4-2-3-5-15(12)22-14-8-6-13(7-9-14)18-16(19)10-11-17(20)21/h2-11H,1H3,(H,18,19)(H,20,21). The van der Waals surface area contributed by atoms with Crippen molar-refractivity contribution < 1.29 is 19.4 Å². The molecule has 0 fully saturated rings. The molecule has 0 unspecified atom stereocenters. The highest BCUT2D eigenvalue weighted by atomic mass is 16.5. The minimum absolute atomic E-state index is 0.505. The molecule has 2 aromatic carbocycles. The molecule has 0 heterocycles. The molecule has 0 radical (unpaired) electrons. The first-order valence-corrected chi connectivity index (χ1v) is 6.60. The summed E-state index contributed by atoms with van der Waals surface area (Å²) in [5.74, 6) is -0.260. The number of carbonyl (C=O) groups excluding carboxylic acids is 1. The number of aliphatic carboxylic acids is 1. The molecule has 5 nitrogen and oxygen atoms in total. The van der Waals surface area contributed by atoms with Crippen molar-refractivity contribution >= 4 is 17.6 Å². The highest BCUT2D eigenvalue weighted by Gasteiger charge is 2.02. The zero-order chi connectivity index (χ0) is 15.9. The van der Waals surface area contributed by atoms with Gasteiger partial charge < -0.3 is 15.2 Å². The number of ether oxygens (including phenoxy) is 1. The van der Waals surface area contributed by atoms with Crippen LogP contribution >= 0.6 is 0 Å². The lowest BCUT2D eigenvalue weighted by atomic mass is 10.2. The van der Waals surface area contributed by atoms with Crippen LogP contribution in [0.2, 0.25) is 0 Å². The van der Waals surface area contributed by atoms with Gasteiger partial charge in [-0.1, -0.05) is 18.2 Å². The molecule has 0 saturated carbocycles. The van der Waals surface area contributed by atoms with Gasteiger partial charge in [-0.05, 0) is 42.8 Å². The maximum Gasteiger partial charge on any atom is 0.328 e. The van der Waals surface area contributed by atoms with E-state index in [1.165, 1.54) is 0 Å². The maximum atomic E-state index is 11.4. The Hall–Kier alpha value is -3.08. The van der Waals surface area contributed by atoms with E-state index in [1.54, 1.807) is 24.3 Å². The molecule has 112 valence electrons. The number of hydrogen-bond acceptors (Lipinski definition) is 3. The second kappa shape index (κ2) is 7.08. The number of carbonyl (C=O) groups is 2. The summed E-state index contributed by atoms with van der Waals surface area (Å²) >= 11 is 0. The van der Waals surface area contributed by atoms with Crippen LogP contribution in [-0.2, 0) is 9.59 Å². The van der Waals surface area contributed by atoms with Crippen molar-refractivity contribution in [3.05, 3.63) is 66.2 Å². The second-order valence-electron chi connectivity index (χ2n) is 4.55. The highest BCUT2D eigenvalue weighted by molar-refractivity contribution is 6.02. The minimum atomic E-state index is -1.17. The van der Waals surface area contributed by atoms with Crippen LogP contribution in [0, 0.1) is 6.92 Å². The molecule has 5 heteroatoms. The molecule has 0 atom stereocenters. The second-order valence-corrected chi connectivity index (χ2v) is 4.55. The van der Waals surface area contributed by atoms with Gasteiger partial charge in [0.05, 0.1) is 0 Å². The summed E-state index contributed by atoms with van der Waals surface area (Å²) in [5, 5.41) is 11.0. The monoisotopic (exact) mass is 297 g/mol. The van der Waals surface area contributed by atoms with Crippen LogP contribution in [-0.4, -0.2) is 17.0 Å².